The van der Waals surface area contributed by atoms with Gasteiger partial charge in [0.25, 0.3) is 0 Å². The lowest BCUT2D eigenvalue weighted by Gasteiger charge is -2.37. The summed E-state index contributed by atoms with van der Waals surface area (Å²) in [5, 5.41) is 10.8. The van der Waals surface area contributed by atoms with Crippen molar-refractivity contribution in [1.29, 1.82) is 0 Å². The van der Waals surface area contributed by atoms with Gasteiger partial charge < -0.3 is 15.2 Å². The molecular weight excluding hydrogens is 481 g/mol. The maximum atomic E-state index is 14.6. The number of anilines is 1. The van der Waals surface area contributed by atoms with Crippen LogP contribution in [0, 0.1) is 29.1 Å². The Hall–Kier alpha value is -3.84. The molecule has 0 aliphatic carbocycles. The van der Waals surface area contributed by atoms with Crippen LogP contribution in [0.4, 0.5) is 36.4 Å². The topological polar surface area (TPSA) is 95.9 Å². The maximum Gasteiger partial charge on any atom is 0.483 e. The highest BCUT2D eigenvalue weighted by atomic mass is 19.3. The van der Waals surface area contributed by atoms with Crippen molar-refractivity contribution in [2.45, 2.75) is 32.0 Å². The van der Waals surface area contributed by atoms with E-state index < -0.39 is 87.6 Å². The second kappa shape index (κ2) is 8.50. The molecule has 182 valence electrons. The van der Waals surface area contributed by atoms with Crippen LogP contribution >= 0.6 is 0 Å². The van der Waals surface area contributed by atoms with E-state index in [-0.39, 0.29) is 17.0 Å². The van der Waals surface area contributed by atoms with Gasteiger partial charge in [-0.05, 0) is 19.9 Å². The predicted octanol–water partition coefficient (Wildman–Crippen LogP) is 3.35. The summed E-state index contributed by atoms with van der Waals surface area (Å²) in [5.74, 6) is -15.5. The van der Waals surface area contributed by atoms with E-state index in [1.165, 1.54) is 0 Å². The van der Waals surface area contributed by atoms with E-state index in [0.717, 1.165) is 13.8 Å². The first kappa shape index (κ1) is 24.8. The van der Waals surface area contributed by atoms with Crippen LogP contribution < -0.4 is 15.0 Å². The molecule has 0 fully saturated rings. The number of fused-ring (bicyclic) bond motifs is 1. The Kier molecular flexibility index (Phi) is 6.20. The zero-order valence-electron chi connectivity index (χ0n) is 17.1. The third-order valence-corrected chi connectivity index (χ3v) is 4.89. The molecule has 1 heterocycles. The number of carboxylic acid groups (broad SMARTS) is 1. The number of amides is 2. The number of alkyl halides is 2. The highest BCUT2D eigenvalue weighted by Crippen LogP contribution is 2.44. The molecule has 2 aromatic carbocycles. The Balaban J connectivity index is 2.20. The van der Waals surface area contributed by atoms with Crippen molar-refractivity contribution in [1.82, 2.24) is 5.32 Å². The fourth-order valence-corrected chi connectivity index (χ4v) is 3.15. The molecule has 2 amide bonds. The average molecular weight is 494 g/mol. The standard InChI is InChI=1S/C20H13F7N2O5/c1-6(18(31)32)28-17(30)7(2)29-12-3-8(14-10(22)4-11(23)15(24)16(14)25)9(21)5-13(12)34-20(26,27)19(29)33/h3-7H,1-2H3,(H,28,30)(H,31,32). The lowest BCUT2D eigenvalue weighted by molar-refractivity contribution is -0.193. The highest BCUT2D eigenvalue weighted by Gasteiger charge is 2.53. The van der Waals surface area contributed by atoms with Gasteiger partial charge in [-0.2, -0.15) is 8.78 Å². The first-order chi connectivity index (χ1) is 15.7. The number of carbonyl (C=O) groups is 3. The first-order valence-electron chi connectivity index (χ1n) is 9.28. The van der Waals surface area contributed by atoms with Crippen molar-refractivity contribution >= 4 is 23.5 Å². The second-order valence-electron chi connectivity index (χ2n) is 7.18. The SMILES string of the molecule is CC(NC(=O)C(C)N1C(=O)C(F)(F)Oc2cc(F)c(-c3c(F)cc(F)c(F)c3F)cc21)C(=O)O. The summed E-state index contributed by atoms with van der Waals surface area (Å²) >= 11 is 0. The molecule has 0 bridgehead atoms. The Bertz CT molecular complexity index is 1220. The Morgan fingerprint density at radius 2 is 1.62 bits per heavy atom. The fraction of sp³-hybridized carbons (Fsp3) is 0.250. The summed E-state index contributed by atoms with van der Waals surface area (Å²) in [5.41, 5.74) is -3.30. The smallest absolute Gasteiger partial charge is 0.480 e. The first-order valence-corrected chi connectivity index (χ1v) is 9.28. The number of rotatable bonds is 5. The molecule has 2 aromatic rings. The molecule has 14 heteroatoms. The van der Waals surface area contributed by atoms with Crippen molar-refractivity contribution < 1.29 is 55.0 Å². The van der Waals surface area contributed by atoms with E-state index in [9.17, 15) is 45.1 Å². The van der Waals surface area contributed by atoms with Crippen LogP contribution in [0.25, 0.3) is 11.1 Å². The fourth-order valence-electron chi connectivity index (χ4n) is 3.15. The summed E-state index contributed by atoms with van der Waals surface area (Å²) < 4.78 is 103. The Morgan fingerprint density at radius 3 is 2.21 bits per heavy atom. The number of carbonyl (C=O) groups excluding carboxylic acids is 2. The minimum atomic E-state index is -4.60. The van der Waals surface area contributed by atoms with Crippen molar-refractivity contribution in [3.8, 4) is 16.9 Å². The van der Waals surface area contributed by atoms with Gasteiger partial charge in [0.05, 0.1) is 11.3 Å². The number of benzene rings is 2. The molecule has 2 unspecified atom stereocenters. The molecule has 2 atom stereocenters. The predicted molar refractivity (Wildman–Crippen MR) is 99.4 cm³/mol. The van der Waals surface area contributed by atoms with Gasteiger partial charge in [0.1, 0.15) is 23.7 Å². The quantitative estimate of drug-likeness (QED) is 0.378. The summed E-state index contributed by atoms with van der Waals surface area (Å²) in [6.07, 6.45) is -4.60. The van der Waals surface area contributed by atoms with E-state index in [0.29, 0.717) is 6.07 Å². The molecule has 0 aromatic heterocycles. The van der Waals surface area contributed by atoms with Crippen LogP contribution in [0.3, 0.4) is 0 Å². The second-order valence-corrected chi connectivity index (χ2v) is 7.18. The van der Waals surface area contributed by atoms with E-state index in [1.54, 1.807) is 0 Å². The number of aliphatic carboxylic acids is 1. The molecular formula is C20H13F7N2O5. The van der Waals surface area contributed by atoms with Gasteiger partial charge >= 0.3 is 18.0 Å². The molecule has 1 aliphatic heterocycles. The van der Waals surface area contributed by atoms with Gasteiger partial charge in [0, 0.05) is 17.7 Å². The molecule has 2 N–H and O–H groups in total. The summed E-state index contributed by atoms with van der Waals surface area (Å²) in [6, 6.07) is -2.80. The molecule has 7 nitrogen and oxygen atoms in total. The van der Waals surface area contributed by atoms with Gasteiger partial charge in [-0.1, -0.05) is 0 Å². The number of hydrogen-bond acceptors (Lipinski definition) is 4. The molecule has 0 spiro atoms. The van der Waals surface area contributed by atoms with E-state index in [4.69, 9.17) is 5.11 Å². The highest BCUT2D eigenvalue weighted by molar-refractivity contribution is 6.06. The van der Waals surface area contributed by atoms with Gasteiger partial charge in [0.2, 0.25) is 5.91 Å². The Morgan fingerprint density at radius 1 is 1.00 bits per heavy atom. The third kappa shape index (κ3) is 4.10. The van der Waals surface area contributed by atoms with Crippen molar-refractivity contribution in [3.05, 3.63) is 47.3 Å². The van der Waals surface area contributed by atoms with E-state index >= 15 is 0 Å². The number of nitrogens with one attached hydrogen (secondary N) is 1. The van der Waals surface area contributed by atoms with Gasteiger partial charge in [-0.25, -0.2) is 22.0 Å². The number of nitrogens with zero attached hydrogens (tertiary/aromatic N) is 1. The molecule has 0 saturated heterocycles. The molecule has 0 radical (unpaired) electrons. The largest absolute Gasteiger partial charge is 0.483 e. The minimum Gasteiger partial charge on any atom is -0.480 e. The van der Waals surface area contributed by atoms with Crippen molar-refractivity contribution in [3.63, 3.8) is 0 Å². The summed E-state index contributed by atoms with van der Waals surface area (Å²) in [7, 11) is 0. The van der Waals surface area contributed by atoms with Crippen LogP contribution in [0.1, 0.15) is 13.8 Å². The van der Waals surface area contributed by atoms with Crippen molar-refractivity contribution in [2.75, 3.05) is 4.90 Å². The molecule has 34 heavy (non-hydrogen) atoms. The number of ether oxygens (including phenoxy) is 1. The number of halogens is 7. The lowest BCUT2D eigenvalue weighted by Crippen LogP contribution is -2.58. The van der Waals surface area contributed by atoms with Gasteiger partial charge in [-0.15, -0.1) is 0 Å². The van der Waals surface area contributed by atoms with Crippen LogP contribution in [0.2, 0.25) is 0 Å². The maximum absolute atomic E-state index is 14.6. The normalized spacial score (nSPS) is 16.4. The zero-order chi connectivity index (χ0) is 25.7. The summed E-state index contributed by atoms with van der Waals surface area (Å²) in [4.78, 5) is 35.8. The minimum absolute atomic E-state index is 0.0798. The number of carboxylic acids is 1. The zero-order valence-corrected chi connectivity index (χ0v) is 17.1. The van der Waals surface area contributed by atoms with Crippen LogP contribution in [0.15, 0.2) is 18.2 Å². The van der Waals surface area contributed by atoms with Gasteiger partial charge in [0.15, 0.2) is 23.2 Å². The number of hydrogen-bond donors (Lipinski definition) is 2. The molecule has 0 saturated carbocycles. The van der Waals surface area contributed by atoms with Crippen LogP contribution in [-0.4, -0.2) is 41.1 Å². The van der Waals surface area contributed by atoms with Gasteiger partial charge in [-0.3, -0.25) is 19.3 Å². The Labute approximate surface area is 185 Å². The summed E-state index contributed by atoms with van der Waals surface area (Å²) in [6.45, 7) is 1.95. The van der Waals surface area contributed by atoms with Crippen LogP contribution in [0.5, 0.6) is 5.75 Å². The average Bonchev–Trinajstić information content (AvgIpc) is 2.73. The van der Waals surface area contributed by atoms with Crippen molar-refractivity contribution in [2.24, 2.45) is 0 Å². The monoisotopic (exact) mass is 494 g/mol. The molecule has 1 aliphatic rings. The van der Waals surface area contributed by atoms with E-state index in [1.807, 2.05) is 5.32 Å². The molecule has 3 rings (SSSR count). The third-order valence-electron chi connectivity index (χ3n) is 4.89. The van der Waals surface area contributed by atoms with Crippen LogP contribution in [-0.2, 0) is 14.4 Å². The lowest BCUT2D eigenvalue weighted by atomic mass is 10.0. The van der Waals surface area contributed by atoms with E-state index in [2.05, 4.69) is 4.74 Å².